The van der Waals surface area contributed by atoms with Crippen molar-refractivity contribution in [1.82, 2.24) is 5.32 Å². The van der Waals surface area contributed by atoms with Gasteiger partial charge in [-0.1, -0.05) is 0 Å². The fraction of sp³-hybridized carbons (Fsp3) is 0.154. The van der Waals surface area contributed by atoms with Crippen molar-refractivity contribution in [1.29, 1.82) is 0 Å². The van der Waals surface area contributed by atoms with Gasteiger partial charge >= 0.3 is 0 Å². The molecular weight excluding hydrogens is 296 g/mol. The van der Waals surface area contributed by atoms with Crippen molar-refractivity contribution < 1.29 is 13.2 Å². The summed E-state index contributed by atoms with van der Waals surface area (Å²) < 4.78 is 23.5. The van der Waals surface area contributed by atoms with Gasteiger partial charge in [0.2, 0.25) is 0 Å². The normalized spacial score (nSPS) is 20.3. The summed E-state index contributed by atoms with van der Waals surface area (Å²) in [5.41, 5.74) is 6.34. The first-order valence-electron chi connectivity index (χ1n) is 5.94. The Kier molecular flexibility index (Phi) is 3.02. The van der Waals surface area contributed by atoms with Crippen LogP contribution in [0.5, 0.6) is 0 Å². The molecule has 1 aliphatic heterocycles. The van der Waals surface area contributed by atoms with E-state index in [1.807, 2.05) is 12.1 Å². The molecule has 0 bridgehead atoms. The highest BCUT2D eigenvalue weighted by molar-refractivity contribution is 7.94. The molecule has 0 saturated carbocycles. The van der Waals surface area contributed by atoms with E-state index < -0.39 is 15.9 Å². The quantitative estimate of drug-likeness (QED) is 0.823. The molecule has 1 aromatic heterocycles. The number of fused-ring (bicyclic) bond motifs is 1. The molecule has 7 heteroatoms. The molecule has 3 N–H and O–H groups in total. The van der Waals surface area contributed by atoms with Gasteiger partial charge in [0.15, 0.2) is 9.84 Å². The molecule has 2 heterocycles. The molecule has 3 rings (SSSR count). The maximum atomic E-state index is 12.1. The molecule has 1 aliphatic rings. The molecule has 0 saturated heterocycles. The van der Waals surface area contributed by atoms with Crippen molar-refractivity contribution in [2.45, 2.75) is 6.04 Å². The van der Waals surface area contributed by atoms with Gasteiger partial charge in [-0.2, -0.15) is 0 Å². The van der Waals surface area contributed by atoms with E-state index in [1.165, 1.54) is 17.4 Å². The second-order valence-corrected chi connectivity index (χ2v) is 7.66. The second-order valence-electron chi connectivity index (χ2n) is 4.65. The fourth-order valence-electron chi connectivity index (χ4n) is 2.08. The van der Waals surface area contributed by atoms with Gasteiger partial charge in [0.1, 0.15) is 0 Å². The van der Waals surface area contributed by atoms with E-state index in [0.29, 0.717) is 10.6 Å². The fourth-order valence-corrected chi connectivity index (χ4v) is 4.26. The monoisotopic (exact) mass is 308 g/mol. The summed E-state index contributed by atoms with van der Waals surface area (Å²) in [5, 5.41) is 4.75. The maximum Gasteiger partial charge on any atom is 0.261 e. The number of carbonyl (C=O) groups is 1. The Hall–Kier alpha value is -1.86. The zero-order valence-electron chi connectivity index (χ0n) is 10.4. The van der Waals surface area contributed by atoms with E-state index in [1.54, 1.807) is 12.1 Å². The summed E-state index contributed by atoms with van der Waals surface area (Å²) in [6.45, 7) is 0. The van der Waals surface area contributed by atoms with Crippen molar-refractivity contribution >= 4 is 42.9 Å². The number of sulfone groups is 1. The summed E-state index contributed by atoms with van der Waals surface area (Å²) >= 11 is 1.36. The summed E-state index contributed by atoms with van der Waals surface area (Å²) in [5.74, 6) is -0.340. The molecule has 104 valence electrons. The van der Waals surface area contributed by atoms with Crippen LogP contribution in [0.1, 0.15) is 9.67 Å². The minimum atomic E-state index is -3.16. The lowest BCUT2D eigenvalue weighted by Crippen LogP contribution is -2.35. The lowest BCUT2D eigenvalue weighted by Gasteiger charge is -2.08. The molecule has 20 heavy (non-hydrogen) atoms. The zero-order valence-corrected chi connectivity index (χ0v) is 12.0. The van der Waals surface area contributed by atoms with Gasteiger partial charge in [0, 0.05) is 15.8 Å². The number of benzene rings is 1. The number of hydrogen-bond donors (Lipinski definition) is 2. The first kappa shape index (κ1) is 13.1. The maximum absolute atomic E-state index is 12.1. The number of anilines is 1. The third-order valence-corrected chi connectivity index (χ3v) is 5.52. The average Bonchev–Trinajstić information content (AvgIpc) is 2.92. The molecule has 0 fully saturated rings. The van der Waals surface area contributed by atoms with E-state index in [2.05, 4.69) is 5.32 Å². The third-order valence-electron chi connectivity index (χ3n) is 3.01. The Morgan fingerprint density at radius 3 is 2.85 bits per heavy atom. The molecule has 1 amide bonds. The van der Waals surface area contributed by atoms with Crippen LogP contribution in [-0.4, -0.2) is 26.1 Å². The Morgan fingerprint density at radius 2 is 2.15 bits per heavy atom. The van der Waals surface area contributed by atoms with Gasteiger partial charge in [-0.3, -0.25) is 4.79 Å². The number of carbonyl (C=O) groups excluding carboxylic acids is 1. The van der Waals surface area contributed by atoms with Crippen LogP contribution in [0.4, 0.5) is 5.69 Å². The largest absolute Gasteiger partial charge is 0.399 e. The standard InChI is InChI=1S/C13H12N2O3S2/c14-9-1-2-11-8(5-9)6-12(19-11)13(16)15-10-3-4-20(17,18)7-10/h1-6,10H,7,14H2,(H,15,16). The summed E-state index contributed by atoms with van der Waals surface area (Å²) in [6, 6.07) is 6.77. The molecule has 2 aromatic rings. The van der Waals surface area contributed by atoms with Crippen LogP contribution in [-0.2, 0) is 9.84 Å². The van der Waals surface area contributed by atoms with Crippen molar-refractivity contribution in [3.8, 4) is 0 Å². The van der Waals surface area contributed by atoms with Crippen molar-refractivity contribution in [3.05, 3.63) is 40.6 Å². The minimum Gasteiger partial charge on any atom is -0.399 e. The van der Waals surface area contributed by atoms with Crippen LogP contribution in [0.15, 0.2) is 35.7 Å². The number of hydrogen-bond acceptors (Lipinski definition) is 5. The first-order chi connectivity index (χ1) is 9.43. The molecule has 0 spiro atoms. The van der Waals surface area contributed by atoms with E-state index in [4.69, 9.17) is 5.73 Å². The van der Waals surface area contributed by atoms with Crippen LogP contribution in [0, 0.1) is 0 Å². The Labute approximate surface area is 120 Å². The van der Waals surface area contributed by atoms with Gasteiger partial charge in [-0.15, -0.1) is 11.3 Å². The SMILES string of the molecule is Nc1ccc2sc(C(=O)NC3C=CS(=O)(=O)C3)cc2c1. The number of nitrogen functional groups attached to an aromatic ring is 1. The van der Waals surface area contributed by atoms with Crippen LogP contribution in [0.3, 0.4) is 0 Å². The average molecular weight is 308 g/mol. The van der Waals surface area contributed by atoms with Crippen LogP contribution < -0.4 is 11.1 Å². The number of nitrogens with one attached hydrogen (secondary N) is 1. The van der Waals surface area contributed by atoms with Crippen molar-refractivity contribution in [2.24, 2.45) is 0 Å². The van der Waals surface area contributed by atoms with Crippen LogP contribution >= 0.6 is 11.3 Å². The molecule has 0 radical (unpaired) electrons. The number of amides is 1. The van der Waals surface area contributed by atoms with Gasteiger partial charge in [0.25, 0.3) is 5.91 Å². The van der Waals surface area contributed by atoms with Gasteiger partial charge < -0.3 is 11.1 Å². The third kappa shape index (κ3) is 2.54. The molecule has 1 aromatic carbocycles. The summed E-state index contributed by atoms with van der Waals surface area (Å²) in [7, 11) is -3.16. The molecule has 1 atom stereocenters. The molecule has 1 unspecified atom stereocenters. The second kappa shape index (κ2) is 4.60. The van der Waals surface area contributed by atoms with Gasteiger partial charge in [-0.05, 0) is 35.7 Å². The predicted octanol–water partition coefficient (Wildman–Crippen LogP) is 1.52. The van der Waals surface area contributed by atoms with E-state index in [9.17, 15) is 13.2 Å². The minimum absolute atomic E-state index is 0.0728. The molecular formula is C13H12N2O3S2. The number of nitrogens with two attached hydrogens (primary N) is 1. The van der Waals surface area contributed by atoms with Crippen LogP contribution in [0.25, 0.3) is 10.1 Å². The van der Waals surface area contributed by atoms with Crippen molar-refractivity contribution in [3.63, 3.8) is 0 Å². The highest BCUT2D eigenvalue weighted by Crippen LogP contribution is 2.27. The van der Waals surface area contributed by atoms with Gasteiger partial charge in [0.05, 0.1) is 16.7 Å². The van der Waals surface area contributed by atoms with Crippen molar-refractivity contribution in [2.75, 3.05) is 11.5 Å². The Balaban J connectivity index is 1.81. The van der Waals surface area contributed by atoms with Crippen LogP contribution in [0.2, 0.25) is 0 Å². The number of thiophene rings is 1. The number of rotatable bonds is 2. The lowest BCUT2D eigenvalue weighted by atomic mass is 10.2. The molecule has 5 nitrogen and oxygen atoms in total. The Morgan fingerprint density at radius 1 is 1.35 bits per heavy atom. The topological polar surface area (TPSA) is 89.3 Å². The summed E-state index contributed by atoms with van der Waals surface area (Å²) in [4.78, 5) is 12.7. The molecule has 0 aliphatic carbocycles. The smallest absolute Gasteiger partial charge is 0.261 e. The summed E-state index contributed by atoms with van der Waals surface area (Å²) in [6.07, 6.45) is 1.50. The Bertz CT molecular complexity index is 821. The predicted molar refractivity (Wildman–Crippen MR) is 80.4 cm³/mol. The highest BCUT2D eigenvalue weighted by atomic mass is 32.2. The highest BCUT2D eigenvalue weighted by Gasteiger charge is 2.24. The van der Waals surface area contributed by atoms with Gasteiger partial charge in [-0.25, -0.2) is 8.42 Å². The van der Waals surface area contributed by atoms with E-state index in [0.717, 1.165) is 15.5 Å². The zero-order chi connectivity index (χ0) is 14.3. The first-order valence-corrected chi connectivity index (χ1v) is 8.47. The van der Waals surface area contributed by atoms with E-state index >= 15 is 0 Å². The lowest BCUT2D eigenvalue weighted by molar-refractivity contribution is 0.0952. The van der Waals surface area contributed by atoms with E-state index in [-0.39, 0.29) is 11.7 Å².